The molecule has 92 valence electrons. The molecular formula is C13H12BFO2S. The van der Waals surface area contributed by atoms with Crippen LogP contribution in [0.3, 0.4) is 0 Å². The molecule has 0 saturated heterocycles. The molecule has 0 saturated carbocycles. The van der Waals surface area contributed by atoms with Crippen LogP contribution in [-0.2, 0) is 5.75 Å². The van der Waals surface area contributed by atoms with Gasteiger partial charge in [0.1, 0.15) is 5.82 Å². The van der Waals surface area contributed by atoms with Gasteiger partial charge in [0, 0.05) is 10.6 Å². The van der Waals surface area contributed by atoms with Crippen LogP contribution < -0.4 is 5.46 Å². The van der Waals surface area contributed by atoms with Crippen molar-refractivity contribution < 1.29 is 14.4 Å². The third kappa shape index (κ3) is 3.60. The van der Waals surface area contributed by atoms with Crippen LogP contribution in [0.2, 0.25) is 0 Å². The monoisotopic (exact) mass is 262 g/mol. The van der Waals surface area contributed by atoms with E-state index in [0.717, 1.165) is 10.5 Å². The molecule has 0 bridgehead atoms. The molecule has 0 atom stereocenters. The van der Waals surface area contributed by atoms with Gasteiger partial charge in [-0.25, -0.2) is 4.39 Å². The second kappa shape index (κ2) is 6.04. The first-order chi connectivity index (χ1) is 8.65. The standard InChI is InChI=1S/C13H12BFO2S/c15-12-2-1-3-13(8-12)18-9-10-4-6-11(7-5-10)14(16)17/h1-8,16-17H,9H2. The Kier molecular flexibility index (Phi) is 4.41. The first kappa shape index (κ1) is 13.1. The van der Waals surface area contributed by atoms with Crippen LogP contribution in [0.15, 0.2) is 53.4 Å². The maximum Gasteiger partial charge on any atom is 0.488 e. The van der Waals surface area contributed by atoms with Gasteiger partial charge in [-0.15, -0.1) is 11.8 Å². The van der Waals surface area contributed by atoms with E-state index in [9.17, 15) is 4.39 Å². The first-order valence-electron chi connectivity index (χ1n) is 5.48. The van der Waals surface area contributed by atoms with Gasteiger partial charge in [0.05, 0.1) is 0 Å². The molecule has 0 radical (unpaired) electrons. The van der Waals surface area contributed by atoms with Crippen LogP contribution in [0.5, 0.6) is 0 Å². The van der Waals surface area contributed by atoms with Crippen LogP contribution in [-0.4, -0.2) is 17.2 Å². The molecule has 2 nitrogen and oxygen atoms in total. The third-order valence-electron chi connectivity index (χ3n) is 2.48. The van der Waals surface area contributed by atoms with Gasteiger partial charge in [0.2, 0.25) is 0 Å². The Morgan fingerprint density at radius 3 is 2.39 bits per heavy atom. The molecule has 2 rings (SSSR count). The lowest BCUT2D eigenvalue weighted by molar-refractivity contribution is 0.426. The Morgan fingerprint density at radius 2 is 1.78 bits per heavy atom. The number of halogens is 1. The van der Waals surface area contributed by atoms with Gasteiger partial charge in [-0.3, -0.25) is 0 Å². The summed E-state index contributed by atoms with van der Waals surface area (Å²) in [5.74, 6) is 0.476. The molecule has 5 heteroatoms. The molecule has 0 spiro atoms. The maximum atomic E-state index is 13.0. The van der Waals surface area contributed by atoms with Gasteiger partial charge in [-0.2, -0.15) is 0 Å². The summed E-state index contributed by atoms with van der Waals surface area (Å²) in [5, 5.41) is 17.9. The van der Waals surface area contributed by atoms with Crippen LogP contribution in [0.25, 0.3) is 0 Å². The second-order valence-corrected chi connectivity index (χ2v) is 4.91. The lowest BCUT2D eigenvalue weighted by Crippen LogP contribution is -2.29. The molecule has 2 aromatic rings. The van der Waals surface area contributed by atoms with Crippen molar-refractivity contribution in [2.45, 2.75) is 10.6 Å². The molecule has 0 aromatic heterocycles. The summed E-state index contributed by atoms with van der Waals surface area (Å²) < 4.78 is 13.0. The number of hydrogen-bond donors (Lipinski definition) is 2. The van der Waals surface area contributed by atoms with Gasteiger partial charge in [-0.1, -0.05) is 30.3 Å². The predicted molar refractivity (Wildman–Crippen MR) is 72.2 cm³/mol. The van der Waals surface area contributed by atoms with E-state index in [4.69, 9.17) is 10.0 Å². The largest absolute Gasteiger partial charge is 0.488 e. The highest BCUT2D eigenvalue weighted by atomic mass is 32.2. The van der Waals surface area contributed by atoms with E-state index in [2.05, 4.69) is 0 Å². The van der Waals surface area contributed by atoms with Gasteiger partial charge >= 0.3 is 7.12 Å². The fraction of sp³-hybridized carbons (Fsp3) is 0.0769. The maximum absolute atomic E-state index is 13.0. The zero-order valence-corrected chi connectivity index (χ0v) is 10.4. The lowest BCUT2D eigenvalue weighted by Gasteiger charge is -2.04. The molecule has 0 fully saturated rings. The number of benzene rings is 2. The SMILES string of the molecule is OB(O)c1ccc(CSc2cccc(F)c2)cc1. The molecule has 0 amide bonds. The fourth-order valence-corrected chi connectivity index (χ4v) is 2.41. The number of hydrogen-bond acceptors (Lipinski definition) is 3. The third-order valence-corrected chi connectivity index (χ3v) is 3.54. The van der Waals surface area contributed by atoms with Crippen molar-refractivity contribution in [3.8, 4) is 0 Å². The van der Waals surface area contributed by atoms with E-state index in [-0.39, 0.29) is 5.82 Å². The highest BCUT2D eigenvalue weighted by Gasteiger charge is 2.09. The summed E-state index contributed by atoms with van der Waals surface area (Å²) in [4.78, 5) is 0.876. The number of thioether (sulfide) groups is 1. The van der Waals surface area contributed by atoms with E-state index >= 15 is 0 Å². The van der Waals surface area contributed by atoms with E-state index in [0.29, 0.717) is 11.2 Å². The normalized spacial score (nSPS) is 10.4. The van der Waals surface area contributed by atoms with Crippen molar-refractivity contribution >= 4 is 24.3 Å². The average Bonchev–Trinajstić information content (AvgIpc) is 2.37. The van der Waals surface area contributed by atoms with Crippen LogP contribution in [0.4, 0.5) is 4.39 Å². The molecule has 0 aliphatic carbocycles. The minimum atomic E-state index is -1.44. The Labute approximate surface area is 110 Å². The van der Waals surface area contributed by atoms with E-state index in [1.165, 1.54) is 23.9 Å². The van der Waals surface area contributed by atoms with Crippen molar-refractivity contribution in [1.29, 1.82) is 0 Å². The van der Waals surface area contributed by atoms with Crippen LogP contribution >= 0.6 is 11.8 Å². The first-order valence-corrected chi connectivity index (χ1v) is 6.47. The van der Waals surface area contributed by atoms with Crippen molar-refractivity contribution in [2.75, 3.05) is 0 Å². The minimum Gasteiger partial charge on any atom is -0.423 e. The van der Waals surface area contributed by atoms with E-state index in [1.807, 2.05) is 18.2 Å². The quantitative estimate of drug-likeness (QED) is 0.652. The van der Waals surface area contributed by atoms with Crippen LogP contribution in [0.1, 0.15) is 5.56 Å². The van der Waals surface area contributed by atoms with E-state index in [1.54, 1.807) is 18.2 Å². The Balaban J connectivity index is 1.98. The number of rotatable bonds is 4. The van der Waals surface area contributed by atoms with E-state index < -0.39 is 7.12 Å². The summed E-state index contributed by atoms with van der Waals surface area (Å²) in [6.45, 7) is 0. The smallest absolute Gasteiger partial charge is 0.423 e. The molecular weight excluding hydrogens is 250 g/mol. The topological polar surface area (TPSA) is 40.5 Å². The summed E-state index contributed by atoms with van der Waals surface area (Å²) >= 11 is 1.54. The molecule has 0 heterocycles. The summed E-state index contributed by atoms with van der Waals surface area (Å²) in [6, 6.07) is 13.5. The van der Waals surface area contributed by atoms with Crippen molar-refractivity contribution in [2.24, 2.45) is 0 Å². The van der Waals surface area contributed by atoms with Crippen LogP contribution in [0, 0.1) is 5.82 Å². The van der Waals surface area contributed by atoms with Crippen molar-refractivity contribution in [3.05, 3.63) is 59.9 Å². The predicted octanol–water partition coefficient (Wildman–Crippen LogP) is 1.80. The molecule has 2 N–H and O–H groups in total. The van der Waals surface area contributed by atoms with Gasteiger partial charge < -0.3 is 10.0 Å². The van der Waals surface area contributed by atoms with Gasteiger partial charge in [-0.05, 0) is 29.2 Å². The molecule has 0 unspecified atom stereocenters. The Bertz CT molecular complexity index is 517. The summed E-state index contributed by atoms with van der Waals surface area (Å²) in [6.07, 6.45) is 0. The second-order valence-electron chi connectivity index (χ2n) is 3.86. The summed E-state index contributed by atoms with van der Waals surface area (Å²) in [7, 11) is -1.44. The van der Waals surface area contributed by atoms with Gasteiger partial charge in [0.15, 0.2) is 0 Å². The molecule has 0 aliphatic rings. The van der Waals surface area contributed by atoms with Crippen molar-refractivity contribution in [1.82, 2.24) is 0 Å². The highest BCUT2D eigenvalue weighted by molar-refractivity contribution is 7.98. The lowest BCUT2D eigenvalue weighted by atomic mass is 9.80. The average molecular weight is 262 g/mol. The zero-order valence-electron chi connectivity index (χ0n) is 9.58. The van der Waals surface area contributed by atoms with Gasteiger partial charge in [0.25, 0.3) is 0 Å². The zero-order chi connectivity index (χ0) is 13.0. The molecule has 0 aliphatic heterocycles. The molecule has 2 aromatic carbocycles. The summed E-state index contributed by atoms with van der Waals surface area (Å²) in [5.41, 5.74) is 1.52. The Morgan fingerprint density at radius 1 is 1.06 bits per heavy atom. The minimum absolute atomic E-state index is 0.237. The molecule has 18 heavy (non-hydrogen) atoms. The highest BCUT2D eigenvalue weighted by Crippen LogP contribution is 2.22. The van der Waals surface area contributed by atoms with Crippen molar-refractivity contribution in [3.63, 3.8) is 0 Å². The fourth-order valence-electron chi connectivity index (χ4n) is 1.51. The Hall–Kier alpha value is -1.30.